The standard InChI is InChI=1S/C13H13NO6/c1-3-10(15)18-7-11(16)20-13(14-2)5-4-8-6-9(13)19-12(8)17/h3,8-9H,1,4-7H2. The molecule has 0 spiro atoms. The highest BCUT2D eigenvalue weighted by Gasteiger charge is 2.61. The molecule has 3 unspecified atom stereocenters. The van der Waals surface area contributed by atoms with Crippen LogP contribution in [0, 0.1) is 12.5 Å². The molecule has 0 aromatic rings. The predicted octanol–water partition coefficient (Wildman–Crippen LogP) is 0.600. The van der Waals surface area contributed by atoms with E-state index in [1.807, 2.05) is 0 Å². The molecule has 1 saturated heterocycles. The molecule has 1 aliphatic carbocycles. The summed E-state index contributed by atoms with van der Waals surface area (Å²) in [6.45, 7) is 9.83. The van der Waals surface area contributed by atoms with Gasteiger partial charge in [-0.1, -0.05) is 6.58 Å². The van der Waals surface area contributed by atoms with Crippen molar-refractivity contribution in [3.05, 3.63) is 24.1 Å². The maximum absolute atomic E-state index is 11.6. The van der Waals surface area contributed by atoms with Crippen molar-refractivity contribution >= 4 is 17.9 Å². The van der Waals surface area contributed by atoms with Crippen LogP contribution in [-0.2, 0) is 28.6 Å². The van der Waals surface area contributed by atoms with E-state index in [0.29, 0.717) is 12.8 Å². The minimum atomic E-state index is -1.50. The Morgan fingerprint density at radius 1 is 1.60 bits per heavy atom. The molecule has 106 valence electrons. The largest absolute Gasteiger partial charge is 0.451 e. The zero-order chi connectivity index (χ0) is 14.8. The van der Waals surface area contributed by atoms with Gasteiger partial charge in [0.1, 0.15) is 0 Å². The fraction of sp³-hybridized carbons (Fsp3) is 0.538. The second-order valence-corrected chi connectivity index (χ2v) is 4.64. The Kier molecular flexibility index (Phi) is 3.74. The fourth-order valence-electron chi connectivity index (χ4n) is 2.38. The third-order valence-corrected chi connectivity index (χ3v) is 3.42. The highest BCUT2D eigenvalue weighted by molar-refractivity contribution is 5.84. The van der Waals surface area contributed by atoms with Crippen molar-refractivity contribution in [3.8, 4) is 0 Å². The van der Waals surface area contributed by atoms with Gasteiger partial charge in [-0.05, 0) is 6.42 Å². The van der Waals surface area contributed by atoms with Gasteiger partial charge in [0, 0.05) is 12.5 Å². The van der Waals surface area contributed by atoms with Crippen molar-refractivity contribution in [3.63, 3.8) is 0 Å². The molecular weight excluding hydrogens is 266 g/mol. The Morgan fingerprint density at radius 3 is 3.00 bits per heavy atom. The smallest absolute Gasteiger partial charge is 0.414 e. The van der Waals surface area contributed by atoms with E-state index in [-0.39, 0.29) is 18.3 Å². The predicted molar refractivity (Wildman–Crippen MR) is 63.8 cm³/mol. The first-order chi connectivity index (χ1) is 9.50. The lowest BCUT2D eigenvalue weighted by Crippen LogP contribution is -2.46. The first-order valence-corrected chi connectivity index (χ1v) is 6.11. The van der Waals surface area contributed by atoms with E-state index >= 15 is 0 Å². The average molecular weight is 279 g/mol. The molecule has 20 heavy (non-hydrogen) atoms. The van der Waals surface area contributed by atoms with Gasteiger partial charge in [0.25, 0.3) is 0 Å². The van der Waals surface area contributed by atoms with E-state index in [4.69, 9.17) is 16.0 Å². The number of carbonyl (C=O) groups is 3. The summed E-state index contributed by atoms with van der Waals surface area (Å²) in [5, 5.41) is 0. The molecule has 7 heteroatoms. The summed E-state index contributed by atoms with van der Waals surface area (Å²) in [5.41, 5.74) is -1.50. The number of carbonyl (C=O) groups excluding carboxylic acids is 3. The van der Waals surface area contributed by atoms with Crippen LogP contribution in [0.4, 0.5) is 0 Å². The van der Waals surface area contributed by atoms with Gasteiger partial charge in [0.05, 0.1) is 12.3 Å². The molecule has 0 amide bonds. The Bertz CT molecular complexity index is 507. The van der Waals surface area contributed by atoms with Gasteiger partial charge in [-0.3, -0.25) is 9.64 Å². The average Bonchev–Trinajstić information content (AvgIpc) is 2.77. The molecule has 3 atom stereocenters. The van der Waals surface area contributed by atoms with Gasteiger partial charge in [-0.2, -0.15) is 0 Å². The lowest BCUT2D eigenvalue weighted by Gasteiger charge is -2.28. The van der Waals surface area contributed by atoms with Crippen molar-refractivity contribution in [2.45, 2.75) is 31.1 Å². The lowest BCUT2D eigenvalue weighted by molar-refractivity contribution is -0.178. The van der Waals surface area contributed by atoms with Crippen molar-refractivity contribution in [2.24, 2.45) is 5.92 Å². The minimum Gasteiger partial charge on any atom is -0.451 e. The van der Waals surface area contributed by atoms with Gasteiger partial charge in [0.2, 0.25) is 6.10 Å². The molecule has 7 nitrogen and oxygen atoms in total. The quantitative estimate of drug-likeness (QED) is 0.324. The van der Waals surface area contributed by atoms with Crippen LogP contribution in [0.2, 0.25) is 0 Å². The van der Waals surface area contributed by atoms with Crippen LogP contribution < -0.4 is 0 Å². The molecule has 0 aromatic heterocycles. The normalized spacial score (nSPS) is 30.9. The number of esters is 3. The van der Waals surface area contributed by atoms with Crippen molar-refractivity contribution in [1.29, 1.82) is 0 Å². The molecule has 2 bridgehead atoms. The SMILES string of the molecule is [C-]#[N+]C1(OC(=O)COC(=O)C=C)CCC2CC1OC2=O. The van der Waals surface area contributed by atoms with E-state index in [1.165, 1.54) is 0 Å². The molecule has 1 aliphatic heterocycles. The zero-order valence-electron chi connectivity index (χ0n) is 10.7. The number of hydrogen-bond acceptors (Lipinski definition) is 6. The van der Waals surface area contributed by atoms with Crippen LogP contribution >= 0.6 is 0 Å². The summed E-state index contributed by atoms with van der Waals surface area (Å²) in [4.78, 5) is 37.3. The summed E-state index contributed by atoms with van der Waals surface area (Å²) >= 11 is 0. The second-order valence-electron chi connectivity index (χ2n) is 4.64. The summed E-state index contributed by atoms with van der Waals surface area (Å²) in [6.07, 6.45) is 1.23. The lowest BCUT2D eigenvalue weighted by atomic mass is 9.84. The van der Waals surface area contributed by atoms with Gasteiger partial charge in [0.15, 0.2) is 6.61 Å². The Balaban J connectivity index is 2.00. The van der Waals surface area contributed by atoms with Crippen molar-refractivity contribution in [2.75, 3.05) is 6.61 Å². The molecule has 0 N–H and O–H groups in total. The van der Waals surface area contributed by atoms with E-state index in [0.717, 1.165) is 6.08 Å². The first-order valence-electron chi connectivity index (χ1n) is 6.11. The van der Waals surface area contributed by atoms with Gasteiger partial charge < -0.3 is 14.2 Å². The maximum atomic E-state index is 11.6. The third kappa shape index (κ3) is 2.50. The molecule has 2 rings (SSSR count). The van der Waals surface area contributed by atoms with Crippen LogP contribution in [0.15, 0.2) is 12.7 Å². The second kappa shape index (κ2) is 5.33. The summed E-state index contributed by atoms with van der Waals surface area (Å²) in [5.74, 6) is -2.17. The van der Waals surface area contributed by atoms with Gasteiger partial charge in [-0.25, -0.2) is 16.2 Å². The Morgan fingerprint density at radius 2 is 2.35 bits per heavy atom. The molecule has 1 saturated carbocycles. The first kappa shape index (κ1) is 14.1. The van der Waals surface area contributed by atoms with E-state index in [9.17, 15) is 14.4 Å². The highest BCUT2D eigenvalue weighted by atomic mass is 16.6. The molecule has 2 fully saturated rings. The summed E-state index contributed by atoms with van der Waals surface area (Å²) in [7, 11) is 0. The van der Waals surface area contributed by atoms with E-state index in [2.05, 4.69) is 16.2 Å². The number of fused-ring (bicyclic) bond motifs is 2. The summed E-state index contributed by atoms with van der Waals surface area (Å²) in [6, 6.07) is 0. The third-order valence-electron chi connectivity index (χ3n) is 3.42. The zero-order valence-corrected chi connectivity index (χ0v) is 10.7. The number of nitrogens with zero attached hydrogens (tertiary/aromatic N) is 1. The fourth-order valence-corrected chi connectivity index (χ4v) is 2.38. The molecule has 0 radical (unpaired) electrons. The van der Waals surface area contributed by atoms with Crippen LogP contribution in [-0.4, -0.2) is 36.3 Å². The van der Waals surface area contributed by atoms with Crippen molar-refractivity contribution in [1.82, 2.24) is 0 Å². The molecular formula is C13H13NO6. The highest BCUT2D eigenvalue weighted by Crippen LogP contribution is 2.43. The molecule has 1 heterocycles. The van der Waals surface area contributed by atoms with E-state index in [1.54, 1.807) is 0 Å². The minimum absolute atomic E-state index is 0.216. The molecule has 0 aromatic carbocycles. The topological polar surface area (TPSA) is 83.3 Å². The van der Waals surface area contributed by atoms with Crippen LogP contribution in [0.3, 0.4) is 0 Å². The maximum Gasteiger partial charge on any atom is 0.414 e. The van der Waals surface area contributed by atoms with Crippen LogP contribution in [0.5, 0.6) is 0 Å². The summed E-state index contributed by atoms with van der Waals surface area (Å²) < 4.78 is 14.7. The van der Waals surface area contributed by atoms with Crippen LogP contribution in [0.1, 0.15) is 19.3 Å². The van der Waals surface area contributed by atoms with E-state index < -0.39 is 30.4 Å². The number of rotatable bonds is 4. The Hall–Kier alpha value is -2.36. The molecule has 2 aliphatic rings. The van der Waals surface area contributed by atoms with Crippen molar-refractivity contribution < 1.29 is 28.6 Å². The van der Waals surface area contributed by atoms with Gasteiger partial charge in [-0.15, -0.1) is 0 Å². The monoisotopic (exact) mass is 279 g/mol. The number of hydrogen-bond donors (Lipinski definition) is 0. The van der Waals surface area contributed by atoms with Crippen LogP contribution in [0.25, 0.3) is 4.85 Å². The number of ether oxygens (including phenoxy) is 3. The van der Waals surface area contributed by atoms with Gasteiger partial charge >= 0.3 is 23.6 Å². The Labute approximate surface area is 115 Å².